The van der Waals surface area contributed by atoms with Crippen LogP contribution in [0.25, 0.3) is 0 Å². The van der Waals surface area contributed by atoms with Gasteiger partial charge in [-0.25, -0.2) is 4.79 Å². The van der Waals surface area contributed by atoms with E-state index < -0.39 is 10.9 Å². The first-order chi connectivity index (χ1) is 8.58. The highest BCUT2D eigenvalue weighted by atomic mass is 16.6. The minimum atomic E-state index is -1.16. The van der Waals surface area contributed by atoms with Crippen LogP contribution in [-0.2, 0) is 0 Å². The summed E-state index contributed by atoms with van der Waals surface area (Å²) in [5, 5.41) is 22.7. The van der Waals surface area contributed by atoms with Gasteiger partial charge in [0.25, 0.3) is 5.69 Å². The van der Waals surface area contributed by atoms with Gasteiger partial charge >= 0.3 is 5.97 Å². The van der Waals surface area contributed by atoms with Crippen LogP contribution in [-0.4, -0.2) is 22.5 Å². The molecule has 1 aliphatic rings. The number of nitro groups is 1. The van der Waals surface area contributed by atoms with Crippen molar-refractivity contribution in [1.82, 2.24) is 0 Å². The molecule has 2 rings (SSSR count). The van der Waals surface area contributed by atoms with Crippen molar-refractivity contribution in [2.24, 2.45) is 5.92 Å². The third-order valence-corrected chi connectivity index (χ3v) is 3.25. The van der Waals surface area contributed by atoms with Gasteiger partial charge < -0.3 is 10.4 Å². The fourth-order valence-corrected chi connectivity index (χ4v) is 1.92. The molecule has 0 heterocycles. The molecule has 0 bridgehead atoms. The highest BCUT2D eigenvalue weighted by Gasteiger charge is 2.20. The van der Waals surface area contributed by atoms with Crippen LogP contribution in [0, 0.1) is 16.0 Å². The predicted octanol–water partition coefficient (Wildman–Crippen LogP) is 2.51. The largest absolute Gasteiger partial charge is 0.478 e. The minimum Gasteiger partial charge on any atom is -0.478 e. The number of anilines is 1. The zero-order valence-corrected chi connectivity index (χ0v) is 9.76. The molecule has 6 heteroatoms. The van der Waals surface area contributed by atoms with Gasteiger partial charge in [-0.2, -0.15) is 0 Å². The van der Waals surface area contributed by atoms with Gasteiger partial charge in [-0.1, -0.05) is 6.42 Å². The Morgan fingerprint density at radius 3 is 2.72 bits per heavy atom. The number of hydrogen-bond donors (Lipinski definition) is 2. The average Bonchev–Trinajstić information content (AvgIpc) is 2.26. The van der Waals surface area contributed by atoms with Crippen molar-refractivity contribution >= 4 is 17.3 Å². The molecule has 0 atom stereocenters. The highest BCUT2D eigenvalue weighted by Crippen LogP contribution is 2.29. The summed E-state index contributed by atoms with van der Waals surface area (Å²) in [6.07, 6.45) is 3.51. The number of carbonyl (C=O) groups is 1. The molecule has 96 valence electrons. The maximum Gasteiger partial charge on any atom is 0.335 e. The molecule has 0 radical (unpaired) electrons. The summed E-state index contributed by atoms with van der Waals surface area (Å²) in [6.45, 7) is 0.702. The monoisotopic (exact) mass is 250 g/mol. The molecule has 1 aromatic rings. The van der Waals surface area contributed by atoms with E-state index in [9.17, 15) is 14.9 Å². The van der Waals surface area contributed by atoms with E-state index in [1.54, 1.807) is 0 Å². The maximum atomic E-state index is 10.9. The Kier molecular flexibility index (Phi) is 3.45. The van der Waals surface area contributed by atoms with Crippen LogP contribution in [0.15, 0.2) is 18.2 Å². The Hall–Kier alpha value is -2.11. The Labute approximate surface area is 104 Å². The van der Waals surface area contributed by atoms with Crippen molar-refractivity contribution in [1.29, 1.82) is 0 Å². The molecule has 0 unspecified atom stereocenters. The van der Waals surface area contributed by atoms with E-state index in [1.807, 2.05) is 0 Å². The topological polar surface area (TPSA) is 92.5 Å². The zero-order valence-electron chi connectivity index (χ0n) is 9.76. The van der Waals surface area contributed by atoms with E-state index in [2.05, 4.69) is 5.32 Å². The van der Waals surface area contributed by atoms with Gasteiger partial charge in [0, 0.05) is 12.6 Å². The van der Waals surface area contributed by atoms with Gasteiger partial charge in [0.1, 0.15) is 5.69 Å². The summed E-state index contributed by atoms with van der Waals surface area (Å²) in [6, 6.07) is 3.92. The fourth-order valence-electron chi connectivity index (χ4n) is 1.92. The lowest BCUT2D eigenvalue weighted by Crippen LogP contribution is -2.21. The Morgan fingerprint density at radius 2 is 2.22 bits per heavy atom. The number of nitrogens with zero attached hydrogens (tertiary/aromatic N) is 1. The highest BCUT2D eigenvalue weighted by molar-refractivity contribution is 5.89. The average molecular weight is 250 g/mol. The number of nitrogens with one attached hydrogen (secondary N) is 1. The molecule has 1 fully saturated rings. The summed E-state index contributed by atoms with van der Waals surface area (Å²) in [5.74, 6) is -0.590. The van der Waals surface area contributed by atoms with E-state index >= 15 is 0 Å². The first-order valence-corrected chi connectivity index (χ1v) is 5.83. The molecule has 0 aromatic heterocycles. The molecule has 2 N–H and O–H groups in total. The van der Waals surface area contributed by atoms with Gasteiger partial charge in [-0.05, 0) is 30.9 Å². The van der Waals surface area contributed by atoms with Gasteiger partial charge in [0.2, 0.25) is 0 Å². The summed E-state index contributed by atoms with van der Waals surface area (Å²) < 4.78 is 0. The van der Waals surface area contributed by atoms with Crippen molar-refractivity contribution in [2.45, 2.75) is 19.3 Å². The van der Waals surface area contributed by atoms with E-state index in [4.69, 9.17) is 5.11 Å². The van der Waals surface area contributed by atoms with Crippen LogP contribution < -0.4 is 5.32 Å². The number of nitro benzene ring substituents is 1. The number of aromatic carboxylic acids is 1. The molecule has 0 saturated heterocycles. The van der Waals surface area contributed by atoms with Gasteiger partial charge in [0.15, 0.2) is 0 Å². The Bertz CT molecular complexity index is 483. The number of carboxylic acid groups (broad SMARTS) is 1. The van der Waals surface area contributed by atoms with Gasteiger partial charge in [-0.3, -0.25) is 10.1 Å². The number of rotatable bonds is 5. The summed E-state index contributed by atoms with van der Waals surface area (Å²) >= 11 is 0. The van der Waals surface area contributed by atoms with Crippen molar-refractivity contribution in [3.05, 3.63) is 33.9 Å². The van der Waals surface area contributed by atoms with Crippen LogP contribution in [0.4, 0.5) is 11.4 Å². The van der Waals surface area contributed by atoms with E-state index in [1.165, 1.54) is 18.6 Å². The Balaban J connectivity index is 2.16. The molecule has 1 aliphatic carbocycles. The minimum absolute atomic E-state index is 0.0732. The number of benzene rings is 1. The van der Waals surface area contributed by atoms with Gasteiger partial charge in [0.05, 0.1) is 10.5 Å². The summed E-state index contributed by atoms with van der Waals surface area (Å²) in [4.78, 5) is 21.1. The van der Waals surface area contributed by atoms with E-state index in [0.717, 1.165) is 18.9 Å². The second-order valence-electron chi connectivity index (χ2n) is 4.47. The van der Waals surface area contributed by atoms with Crippen LogP contribution in [0.1, 0.15) is 29.6 Å². The molecule has 6 nitrogen and oxygen atoms in total. The normalized spacial score (nSPS) is 14.9. The lowest BCUT2D eigenvalue weighted by Gasteiger charge is -2.25. The quantitative estimate of drug-likeness (QED) is 0.618. The van der Waals surface area contributed by atoms with Crippen molar-refractivity contribution in [3.63, 3.8) is 0 Å². The third kappa shape index (κ3) is 2.58. The summed E-state index contributed by atoms with van der Waals surface area (Å²) in [5.41, 5.74) is 0.127. The zero-order chi connectivity index (χ0) is 13.1. The lowest BCUT2D eigenvalue weighted by molar-refractivity contribution is -0.384. The van der Waals surface area contributed by atoms with Crippen molar-refractivity contribution in [2.75, 3.05) is 11.9 Å². The number of hydrogen-bond acceptors (Lipinski definition) is 4. The standard InChI is InChI=1S/C12H14N2O4/c15-12(16)9-4-5-10(11(6-9)14(17)18)13-7-8-2-1-3-8/h4-6,8,13H,1-3,7H2,(H,15,16). The lowest BCUT2D eigenvalue weighted by atomic mass is 9.85. The second-order valence-corrected chi connectivity index (χ2v) is 4.47. The van der Waals surface area contributed by atoms with E-state index in [0.29, 0.717) is 18.2 Å². The second kappa shape index (κ2) is 5.03. The molecule has 0 spiro atoms. The predicted molar refractivity (Wildman–Crippen MR) is 65.9 cm³/mol. The van der Waals surface area contributed by atoms with Crippen LogP contribution >= 0.6 is 0 Å². The first kappa shape index (κ1) is 12.3. The molecule has 1 aromatic carbocycles. The van der Waals surface area contributed by atoms with Crippen molar-refractivity contribution < 1.29 is 14.8 Å². The van der Waals surface area contributed by atoms with Crippen LogP contribution in [0.2, 0.25) is 0 Å². The first-order valence-electron chi connectivity index (χ1n) is 5.83. The maximum absolute atomic E-state index is 10.9. The van der Waals surface area contributed by atoms with E-state index in [-0.39, 0.29) is 11.3 Å². The Morgan fingerprint density at radius 1 is 1.50 bits per heavy atom. The third-order valence-electron chi connectivity index (χ3n) is 3.25. The molecular weight excluding hydrogens is 236 g/mol. The molecule has 1 saturated carbocycles. The molecule has 18 heavy (non-hydrogen) atoms. The van der Waals surface area contributed by atoms with Gasteiger partial charge in [-0.15, -0.1) is 0 Å². The smallest absolute Gasteiger partial charge is 0.335 e. The fraction of sp³-hybridized carbons (Fsp3) is 0.417. The molecular formula is C12H14N2O4. The van der Waals surface area contributed by atoms with Crippen LogP contribution in [0.3, 0.4) is 0 Å². The molecule has 0 aliphatic heterocycles. The van der Waals surface area contributed by atoms with Crippen molar-refractivity contribution in [3.8, 4) is 0 Å². The molecule has 0 amide bonds. The SMILES string of the molecule is O=C(O)c1ccc(NCC2CCC2)c([N+](=O)[O-])c1. The van der Waals surface area contributed by atoms with Crippen LogP contribution in [0.5, 0.6) is 0 Å². The number of carboxylic acids is 1. The summed E-state index contributed by atoms with van der Waals surface area (Å²) in [7, 11) is 0.